The van der Waals surface area contributed by atoms with Crippen LogP contribution in [0.5, 0.6) is 0 Å². The quantitative estimate of drug-likeness (QED) is 0.645. The van der Waals surface area contributed by atoms with Crippen LogP contribution >= 0.6 is 23.2 Å². The number of nitriles is 1. The van der Waals surface area contributed by atoms with E-state index in [1.807, 2.05) is 6.07 Å². The Labute approximate surface area is 160 Å². The van der Waals surface area contributed by atoms with Gasteiger partial charge >= 0.3 is 0 Å². The van der Waals surface area contributed by atoms with Crippen molar-refractivity contribution >= 4 is 46.2 Å². The lowest BCUT2D eigenvalue weighted by Gasteiger charge is -2.10. The maximum Gasteiger partial charge on any atom is 0.257 e. The molecule has 0 saturated heterocycles. The summed E-state index contributed by atoms with van der Waals surface area (Å²) in [6.45, 7) is 0. The molecule has 128 valence electrons. The van der Waals surface area contributed by atoms with E-state index in [1.165, 1.54) is 6.20 Å². The van der Waals surface area contributed by atoms with E-state index in [0.29, 0.717) is 38.2 Å². The molecule has 1 aromatic heterocycles. The molecule has 0 radical (unpaired) electrons. The minimum Gasteiger partial charge on any atom is -0.353 e. The van der Waals surface area contributed by atoms with Gasteiger partial charge in [-0.05, 0) is 36.4 Å². The third-order valence-corrected chi connectivity index (χ3v) is 4.07. The van der Waals surface area contributed by atoms with Crippen molar-refractivity contribution in [1.29, 1.82) is 5.26 Å². The van der Waals surface area contributed by atoms with Gasteiger partial charge < -0.3 is 10.6 Å². The largest absolute Gasteiger partial charge is 0.353 e. The molecule has 0 spiro atoms. The molecular formula is C19H12Cl2N4O. The third-order valence-electron chi connectivity index (χ3n) is 3.50. The lowest BCUT2D eigenvalue weighted by Crippen LogP contribution is -2.13. The number of nitrogens with zero attached hydrogens (tertiary/aromatic N) is 2. The van der Waals surface area contributed by atoms with E-state index in [-0.39, 0.29) is 5.91 Å². The molecule has 0 unspecified atom stereocenters. The van der Waals surface area contributed by atoms with Crippen LogP contribution in [0.3, 0.4) is 0 Å². The van der Waals surface area contributed by atoms with Crippen molar-refractivity contribution in [3.8, 4) is 6.07 Å². The number of aromatic nitrogens is 1. The highest BCUT2D eigenvalue weighted by Crippen LogP contribution is 2.26. The average Bonchev–Trinajstić information content (AvgIpc) is 2.65. The molecule has 0 fully saturated rings. The van der Waals surface area contributed by atoms with E-state index in [2.05, 4.69) is 21.7 Å². The van der Waals surface area contributed by atoms with Gasteiger partial charge in [-0.3, -0.25) is 9.78 Å². The molecule has 1 amide bonds. The van der Waals surface area contributed by atoms with Crippen LogP contribution in [-0.2, 0) is 0 Å². The molecule has 26 heavy (non-hydrogen) atoms. The molecule has 0 saturated carbocycles. The van der Waals surface area contributed by atoms with Crippen LogP contribution in [0.2, 0.25) is 10.0 Å². The van der Waals surface area contributed by atoms with E-state index in [0.717, 1.165) is 0 Å². The van der Waals surface area contributed by atoms with Crippen molar-refractivity contribution in [2.45, 2.75) is 0 Å². The van der Waals surface area contributed by atoms with Crippen molar-refractivity contribution in [3.05, 3.63) is 82.1 Å². The van der Waals surface area contributed by atoms with Crippen LogP contribution in [0.4, 0.5) is 17.1 Å². The number of hydrogen-bond acceptors (Lipinski definition) is 4. The Morgan fingerprint density at radius 3 is 2.65 bits per heavy atom. The van der Waals surface area contributed by atoms with Crippen LogP contribution in [0.15, 0.2) is 60.9 Å². The van der Waals surface area contributed by atoms with Gasteiger partial charge in [0.2, 0.25) is 0 Å². The molecule has 3 aromatic rings. The molecule has 3 rings (SSSR count). The summed E-state index contributed by atoms with van der Waals surface area (Å²) in [7, 11) is 0. The molecule has 7 heteroatoms. The van der Waals surface area contributed by atoms with Gasteiger partial charge in [0.1, 0.15) is 6.07 Å². The summed E-state index contributed by atoms with van der Waals surface area (Å²) in [5, 5.41) is 15.8. The Morgan fingerprint density at radius 1 is 1.04 bits per heavy atom. The van der Waals surface area contributed by atoms with Crippen LogP contribution < -0.4 is 10.6 Å². The van der Waals surface area contributed by atoms with Crippen LogP contribution in [0.25, 0.3) is 0 Å². The van der Waals surface area contributed by atoms with Gasteiger partial charge in [0.15, 0.2) is 0 Å². The minimum atomic E-state index is -0.376. The Kier molecular flexibility index (Phi) is 5.37. The van der Waals surface area contributed by atoms with E-state index in [1.54, 1.807) is 48.7 Å². The number of amides is 1. The lowest BCUT2D eigenvalue weighted by atomic mass is 10.2. The monoisotopic (exact) mass is 382 g/mol. The predicted molar refractivity (Wildman–Crippen MR) is 103 cm³/mol. The average molecular weight is 383 g/mol. The Balaban J connectivity index is 1.82. The summed E-state index contributed by atoms with van der Waals surface area (Å²) in [6, 6.07) is 15.6. The highest BCUT2D eigenvalue weighted by Gasteiger charge is 2.11. The molecule has 0 atom stereocenters. The fourth-order valence-corrected chi connectivity index (χ4v) is 2.60. The molecule has 0 aliphatic heterocycles. The highest BCUT2D eigenvalue weighted by molar-refractivity contribution is 6.35. The van der Waals surface area contributed by atoms with E-state index in [9.17, 15) is 4.79 Å². The maximum absolute atomic E-state index is 12.5. The first-order valence-electron chi connectivity index (χ1n) is 7.54. The SMILES string of the molecule is N#Cc1ccccc1Nc1cncc(C(=O)Nc2cc(Cl)ccc2Cl)c1. The summed E-state index contributed by atoms with van der Waals surface area (Å²) < 4.78 is 0. The van der Waals surface area contributed by atoms with E-state index >= 15 is 0 Å². The zero-order chi connectivity index (χ0) is 18.5. The van der Waals surface area contributed by atoms with Gasteiger partial charge in [0.25, 0.3) is 5.91 Å². The summed E-state index contributed by atoms with van der Waals surface area (Å²) >= 11 is 12.0. The van der Waals surface area contributed by atoms with Gasteiger partial charge in [-0.25, -0.2) is 0 Å². The first kappa shape index (κ1) is 17.7. The smallest absolute Gasteiger partial charge is 0.257 e. The van der Waals surface area contributed by atoms with Gasteiger partial charge in [0, 0.05) is 11.2 Å². The number of carbonyl (C=O) groups excluding carboxylic acids is 1. The first-order valence-corrected chi connectivity index (χ1v) is 8.30. The fourth-order valence-electron chi connectivity index (χ4n) is 2.27. The van der Waals surface area contributed by atoms with Crippen LogP contribution in [0, 0.1) is 11.3 Å². The zero-order valence-corrected chi connectivity index (χ0v) is 14.8. The van der Waals surface area contributed by atoms with E-state index < -0.39 is 0 Å². The molecule has 5 nitrogen and oxygen atoms in total. The standard InChI is InChI=1S/C19H12Cl2N4O/c20-14-5-6-16(21)18(8-14)25-19(26)13-7-15(11-23-10-13)24-17-4-2-1-3-12(17)9-22/h1-8,10-11,24H,(H,25,26). The van der Waals surface area contributed by atoms with Gasteiger partial charge in [-0.15, -0.1) is 0 Å². The summed E-state index contributed by atoms with van der Waals surface area (Å²) in [5.74, 6) is -0.376. The highest BCUT2D eigenvalue weighted by atomic mass is 35.5. The van der Waals surface area contributed by atoms with Crippen molar-refractivity contribution in [2.24, 2.45) is 0 Å². The van der Waals surface area contributed by atoms with Gasteiger partial charge in [0.05, 0.1) is 39.4 Å². The Morgan fingerprint density at radius 2 is 1.85 bits per heavy atom. The van der Waals surface area contributed by atoms with Crippen molar-refractivity contribution in [3.63, 3.8) is 0 Å². The lowest BCUT2D eigenvalue weighted by molar-refractivity contribution is 0.102. The van der Waals surface area contributed by atoms with Crippen LogP contribution in [-0.4, -0.2) is 10.9 Å². The fraction of sp³-hybridized carbons (Fsp3) is 0. The molecule has 0 bridgehead atoms. The second kappa shape index (κ2) is 7.87. The zero-order valence-electron chi connectivity index (χ0n) is 13.3. The van der Waals surface area contributed by atoms with Crippen LogP contribution in [0.1, 0.15) is 15.9 Å². The molecule has 0 aliphatic rings. The predicted octanol–water partition coefficient (Wildman–Crippen LogP) is 5.26. The number of anilines is 3. The minimum absolute atomic E-state index is 0.334. The second-order valence-corrected chi connectivity index (χ2v) is 6.17. The molecule has 2 aromatic carbocycles. The van der Waals surface area contributed by atoms with Gasteiger partial charge in [-0.2, -0.15) is 5.26 Å². The topological polar surface area (TPSA) is 77.8 Å². The van der Waals surface area contributed by atoms with Gasteiger partial charge in [-0.1, -0.05) is 35.3 Å². The summed E-state index contributed by atoms with van der Waals surface area (Å²) in [4.78, 5) is 16.5. The number of carbonyl (C=O) groups is 1. The molecule has 1 heterocycles. The number of halogens is 2. The number of hydrogen-bond donors (Lipinski definition) is 2. The van der Waals surface area contributed by atoms with Crippen molar-refractivity contribution < 1.29 is 4.79 Å². The van der Waals surface area contributed by atoms with Crippen molar-refractivity contribution in [1.82, 2.24) is 4.98 Å². The molecule has 0 aliphatic carbocycles. The number of pyridine rings is 1. The third kappa shape index (κ3) is 4.12. The number of nitrogens with one attached hydrogen (secondary N) is 2. The number of rotatable bonds is 4. The Hall–Kier alpha value is -3.07. The normalized spacial score (nSPS) is 10.0. The molecule has 2 N–H and O–H groups in total. The van der Waals surface area contributed by atoms with Crippen molar-refractivity contribution in [2.75, 3.05) is 10.6 Å². The number of benzene rings is 2. The summed E-state index contributed by atoms with van der Waals surface area (Å²) in [6.07, 6.45) is 3.01. The number of para-hydroxylation sites is 1. The second-order valence-electron chi connectivity index (χ2n) is 5.32. The maximum atomic E-state index is 12.5. The first-order chi connectivity index (χ1) is 12.6. The molecular weight excluding hydrogens is 371 g/mol. The summed E-state index contributed by atoms with van der Waals surface area (Å²) in [5.41, 5.74) is 2.45. The Bertz CT molecular complexity index is 1010. The van der Waals surface area contributed by atoms with E-state index in [4.69, 9.17) is 28.5 Å².